The van der Waals surface area contributed by atoms with Crippen LogP contribution in [0.25, 0.3) is 6.08 Å². The zero-order valence-electron chi connectivity index (χ0n) is 9.91. The molecule has 0 aliphatic carbocycles. The van der Waals surface area contributed by atoms with Crippen LogP contribution in [0.15, 0.2) is 22.9 Å². The minimum absolute atomic E-state index is 0.215. The number of carboxylic acids is 1. The average molecular weight is 265 g/mol. The predicted molar refractivity (Wildman–Crippen MR) is 70.3 cm³/mol. The molecule has 1 saturated heterocycles. The van der Waals surface area contributed by atoms with E-state index in [1.54, 1.807) is 17.4 Å². The number of thiophene rings is 1. The molecule has 1 fully saturated rings. The molecule has 18 heavy (non-hydrogen) atoms. The standard InChI is InChI=1S/C13H15NO3S/c15-12(5-4-10-6-8-18-9-10)14-7-2-1-3-11(14)13(16)17/h4-6,8-9,11H,1-3,7H2,(H,16,17)/b5-4+/t11-/m0/s1. The third-order valence-corrected chi connectivity index (χ3v) is 3.73. The molecule has 0 unspecified atom stereocenters. The second kappa shape index (κ2) is 5.82. The van der Waals surface area contributed by atoms with Crippen LogP contribution in [0.1, 0.15) is 24.8 Å². The van der Waals surface area contributed by atoms with Crippen LogP contribution in [0.5, 0.6) is 0 Å². The molecule has 1 aromatic rings. The van der Waals surface area contributed by atoms with Crippen LogP contribution in [0.4, 0.5) is 0 Å². The molecular formula is C13H15NO3S. The Morgan fingerprint density at radius 3 is 2.94 bits per heavy atom. The highest BCUT2D eigenvalue weighted by molar-refractivity contribution is 7.08. The average Bonchev–Trinajstić information content (AvgIpc) is 2.89. The van der Waals surface area contributed by atoms with E-state index in [9.17, 15) is 9.59 Å². The monoisotopic (exact) mass is 265 g/mol. The Balaban J connectivity index is 2.04. The summed E-state index contributed by atoms with van der Waals surface area (Å²) in [5, 5.41) is 13.0. The fourth-order valence-electron chi connectivity index (χ4n) is 2.09. The highest BCUT2D eigenvalue weighted by atomic mass is 32.1. The summed E-state index contributed by atoms with van der Waals surface area (Å²) in [5.74, 6) is -1.12. The molecule has 0 spiro atoms. The molecule has 1 aliphatic rings. The van der Waals surface area contributed by atoms with Crippen molar-refractivity contribution in [3.8, 4) is 0 Å². The third kappa shape index (κ3) is 2.98. The summed E-state index contributed by atoms with van der Waals surface area (Å²) in [7, 11) is 0. The van der Waals surface area contributed by atoms with Gasteiger partial charge in [-0.25, -0.2) is 4.79 Å². The summed E-state index contributed by atoms with van der Waals surface area (Å²) < 4.78 is 0. The number of nitrogens with zero attached hydrogens (tertiary/aromatic N) is 1. The van der Waals surface area contributed by atoms with Crippen molar-refractivity contribution in [2.45, 2.75) is 25.3 Å². The molecule has 0 bridgehead atoms. The van der Waals surface area contributed by atoms with Gasteiger partial charge in [-0.15, -0.1) is 0 Å². The van der Waals surface area contributed by atoms with Crippen molar-refractivity contribution < 1.29 is 14.7 Å². The summed E-state index contributed by atoms with van der Waals surface area (Å²) in [4.78, 5) is 24.5. The highest BCUT2D eigenvalue weighted by Crippen LogP contribution is 2.18. The van der Waals surface area contributed by atoms with Gasteiger partial charge in [0.2, 0.25) is 5.91 Å². The topological polar surface area (TPSA) is 57.6 Å². The summed E-state index contributed by atoms with van der Waals surface area (Å²) >= 11 is 1.56. The second-order valence-electron chi connectivity index (χ2n) is 4.27. The van der Waals surface area contributed by atoms with Gasteiger partial charge in [-0.2, -0.15) is 11.3 Å². The molecule has 2 rings (SSSR count). The molecule has 1 aromatic heterocycles. The molecular weight excluding hydrogens is 250 g/mol. The van der Waals surface area contributed by atoms with E-state index in [0.717, 1.165) is 18.4 Å². The van der Waals surface area contributed by atoms with Gasteiger partial charge in [-0.1, -0.05) is 0 Å². The van der Waals surface area contributed by atoms with E-state index in [1.807, 2.05) is 16.8 Å². The lowest BCUT2D eigenvalue weighted by Crippen LogP contribution is -2.47. The van der Waals surface area contributed by atoms with Crippen LogP contribution in [-0.2, 0) is 9.59 Å². The van der Waals surface area contributed by atoms with Crippen molar-refractivity contribution in [1.82, 2.24) is 4.90 Å². The number of hydrogen-bond acceptors (Lipinski definition) is 3. The van der Waals surface area contributed by atoms with Crippen LogP contribution in [-0.4, -0.2) is 34.5 Å². The number of hydrogen-bond donors (Lipinski definition) is 1. The summed E-state index contributed by atoms with van der Waals surface area (Å²) in [6.07, 6.45) is 5.49. The predicted octanol–water partition coefficient (Wildman–Crippen LogP) is 2.23. The van der Waals surface area contributed by atoms with E-state index in [4.69, 9.17) is 5.11 Å². The van der Waals surface area contributed by atoms with Gasteiger partial charge in [0.1, 0.15) is 6.04 Å². The lowest BCUT2D eigenvalue weighted by molar-refractivity contribution is -0.150. The van der Waals surface area contributed by atoms with Gasteiger partial charge in [0.25, 0.3) is 0 Å². The molecule has 4 nitrogen and oxygen atoms in total. The summed E-state index contributed by atoms with van der Waals surface area (Å²) in [5.41, 5.74) is 0.970. The van der Waals surface area contributed by atoms with Crippen LogP contribution >= 0.6 is 11.3 Å². The molecule has 1 aliphatic heterocycles. The fourth-order valence-corrected chi connectivity index (χ4v) is 2.71. The smallest absolute Gasteiger partial charge is 0.326 e. The van der Waals surface area contributed by atoms with Crippen molar-refractivity contribution in [2.75, 3.05) is 6.54 Å². The summed E-state index contributed by atoms with van der Waals surface area (Å²) in [6, 6.07) is 1.25. The number of rotatable bonds is 3. The first-order valence-electron chi connectivity index (χ1n) is 5.92. The summed E-state index contributed by atoms with van der Waals surface area (Å²) in [6.45, 7) is 0.532. The van der Waals surface area contributed by atoms with Crippen molar-refractivity contribution >= 4 is 29.3 Å². The van der Waals surface area contributed by atoms with Gasteiger partial charge in [-0.05, 0) is 47.7 Å². The van der Waals surface area contributed by atoms with Crippen molar-refractivity contribution in [2.24, 2.45) is 0 Å². The Morgan fingerprint density at radius 2 is 2.28 bits per heavy atom. The van der Waals surface area contributed by atoms with E-state index in [-0.39, 0.29) is 5.91 Å². The normalized spacial score (nSPS) is 20.2. The highest BCUT2D eigenvalue weighted by Gasteiger charge is 2.30. The SMILES string of the molecule is O=C(O)[C@@H]1CCCCN1C(=O)/C=C/c1ccsc1. The van der Waals surface area contributed by atoms with Gasteiger partial charge in [-0.3, -0.25) is 4.79 Å². The third-order valence-electron chi connectivity index (χ3n) is 3.03. The Hall–Kier alpha value is -1.62. The minimum atomic E-state index is -0.910. The zero-order chi connectivity index (χ0) is 13.0. The van der Waals surface area contributed by atoms with E-state index in [2.05, 4.69) is 0 Å². The number of piperidine rings is 1. The number of amides is 1. The van der Waals surface area contributed by atoms with Crippen molar-refractivity contribution in [1.29, 1.82) is 0 Å². The van der Waals surface area contributed by atoms with E-state index in [0.29, 0.717) is 13.0 Å². The number of aliphatic carboxylic acids is 1. The second-order valence-corrected chi connectivity index (χ2v) is 5.05. The number of carbonyl (C=O) groups excluding carboxylic acids is 1. The van der Waals surface area contributed by atoms with E-state index >= 15 is 0 Å². The molecule has 0 saturated carbocycles. The number of carboxylic acid groups (broad SMARTS) is 1. The zero-order valence-corrected chi connectivity index (χ0v) is 10.7. The van der Waals surface area contributed by atoms with Crippen molar-refractivity contribution in [3.63, 3.8) is 0 Å². The molecule has 5 heteroatoms. The molecule has 1 N–H and O–H groups in total. The maximum Gasteiger partial charge on any atom is 0.326 e. The fraction of sp³-hybridized carbons (Fsp3) is 0.385. The Kier molecular flexibility index (Phi) is 4.15. The van der Waals surface area contributed by atoms with Crippen molar-refractivity contribution in [3.05, 3.63) is 28.5 Å². The maximum absolute atomic E-state index is 12.0. The van der Waals surface area contributed by atoms with E-state index in [1.165, 1.54) is 11.0 Å². The largest absolute Gasteiger partial charge is 0.480 e. The van der Waals surface area contributed by atoms with E-state index < -0.39 is 12.0 Å². The molecule has 0 radical (unpaired) electrons. The van der Waals surface area contributed by atoms with Crippen LogP contribution in [0.3, 0.4) is 0 Å². The number of likely N-dealkylation sites (tertiary alicyclic amines) is 1. The minimum Gasteiger partial charge on any atom is -0.480 e. The Bertz CT molecular complexity index is 453. The number of carbonyl (C=O) groups is 2. The lowest BCUT2D eigenvalue weighted by Gasteiger charge is -2.32. The molecule has 0 aromatic carbocycles. The lowest BCUT2D eigenvalue weighted by atomic mass is 10.0. The van der Waals surface area contributed by atoms with Gasteiger partial charge < -0.3 is 10.0 Å². The quantitative estimate of drug-likeness (QED) is 0.853. The first kappa shape index (κ1) is 12.8. The van der Waals surface area contributed by atoms with Gasteiger partial charge in [0.15, 0.2) is 0 Å². The van der Waals surface area contributed by atoms with Crippen LogP contribution in [0.2, 0.25) is 0 Å². The molecule has 2 heterocycles. The van der Waals surface area contributed by atoms with Gasteiger partial charge in [0.05, 0.1) is 0 Å². The Labute approximate surface area is 110 Å². The molecule has 1 amide bonds. The van der Waals surface area contributed by atoms with Crippen LogP contribution in [0, 0.1) is 0 Å². The van der Waals surface area contributed by atoms with Gasteiger partial charge in [0, 0.05) is 12.6 Å². The first-order valence-corrected chi connectivity index (χ1v) is 6.86. The maximum atomic E-state index is 12.0. The van der Waals surface area contributed by atoms with Crippen LogP contribution < -0.4 is 0 Å². The first-order chi connectivity index (χ1) is 8.68. The van der Waals surface area contributed by atoms with Gasteiger partial charge >= 0.3 is 5.97 Å². The molecule has 1 atom stereocenters. The Morgan fingerprint density at radius 1 is 1.44 bits per heavy atom. The molecule has 96 valence electrons.